The summed E-state index contributed by atoms with van der Waals surface area (Å²) in [5, 5.41) is 4.62. The van der Waals surface area contributed by atoms with Gasteiger partial charge in [-0.05, 0) is 45.0 Å². The summed E-state index contributed by atoms with van der Waals surface area (Å²) in [4.78, 5) is 4.20. The van der Waals surface area contributed by atoms with Crippen molar-refractivity contribution in [1.29, 1.82) is 0 Å². The van der Waals surface area contributed by atoms with E-state index in [1.54, 1.807) is 10.4 Å². The zero-order chi connectivity index (χ0) is 20.8. The Hall–Kier alpha value is -1.87. The first-order chi connectivity index (χ1) is 13.8. The second-order valence-corrected chi connectivity index (χ2v) is 10.9. The average Bonchev–Trinajstić information content (AvgIpc) is 3.24. The molecule has 1 saturated heterocycles. The highest BCUT2D eigenvalue weighted by atomic mass is 35.5. The van der Waals surface area contributed by atoms with E-state index in [-0.39, 0.29) is 0 Å². The third-order valence-corrected chi connectivity index (χ3v) is 8.58. The van der Waals surface area contributed by atoms with Crippen LogP contribution in [0.1, 0.15) is 15.4 Å². The lowest BCUT2D eigenvalue weighted by Gasteiger charge is -2.35. The summed E-state index contributed by atoms with van der Waals surface area (Å²) in [5.41, 5.74) is 2.41. The Balaban J connectivity index is 1.61. The molecule has 2 aromatic heterocycles. The predicted octanol–water partition coefficient (Wildman–Crippen LogP) is 4.49. The maximum atomic E-state index is 13.5. The molecule has 3 heterocycles. The lowest BCUT2D eigenvalue weighted by Crippen LogP contribution is -2.48. The minimum absolute atomic E-state index is 0.344. The summed E-state index contributed by atoms with van der Waals surface area (Å²) in [6, 6.07) is 9.41. The number of hydrogen-bond donors (Lipinski definition) is 0. The van der Waals surface area contributed by atoms with Crippen LogP contribution in [-0.4, -0.2) is 44.1 Å². The third kappa shape index (κ3) is 3.82. The number of rotatable bonds is 4. The Morgan fingerprint density at radius 2 is 1.69 bits per heavy atom. The maximum absolute atomic E-state index is 13.5. The number of halogens is 1. The molecule has 1 aliphatic heterocycles. The number of aryl methyl sites for hydroxylation is 3. The van der Waals surface area contributed by atoms with E-state index in [1.165, 1.54) is 11.3 Å². The number of sulfonamides is 1. The van der Waals surface area contributed by atoms with Gasteiger partial charge in [-0.3, -0.25) is 0 Å². The number of piperazine rings is 1. The quantitative estimate of drug-likeness (QED) is 0.584. The van der Waals surface area contributed by atoms with Gasteiger partial charge in [0, 0.05) is 52.7 Å². The largest absolute Gasteiger partial charge is 0.369 e. The minimum atomic E-state index is -3.65. The molecule has 0 bridgehead atoms. The van der Waals surface area contributed by atoms with Crippen molar-refractivity contribution in [3.63, 3.8) is 0 Å². The van der Waals surface area contributed by atoms with Crippen LogP contribution >= 0.6 is 22.9 Å². The van der Waals surface area contributed by atoms with E-state index in [0.717, 1.165) is 21.1 Å². The van der Waals surface area contributed by atoms with E-state index in [4.69, 9.17) is 16.1 Å². The highest BCUT2D eigenvalue weighted by Crippen LogP contribution is 2.40. The van der Waals surface area contributed by atoms with Gasteiger partial charge < -0.3 is 9.42 Å². The first-order valence-electron chi connectivity index (χ1n) is 9.31. The number of aromatic nitrogens is 1. The van der Waals surface area contributed by atoms with Gasteiger partial charge >= 0.3 is 0 Å². The molecule has 0 N–H and O–H groups in total. The smallest absolute Gasteiger partial charge is 0.245 e. The van der Waals surface area contributed by atoms with E-state index in [0.29, 0.717) is 47.4 Å². The maximum Gasteiger partial charge on any atom is 0.245 e. The molecule has 0 unspecified atom stereocenters. The van der Waals surface area contributed by atoms with Gasteiger partial charge in [-0.15, -0.1) is 11.3 Å². The minimum Gasteiger partial charge on any atom is -0.369 e. The van der Waals surface area contributed by atoms with Crippen LogP contribution in [0.15, 0.2) is 39.8 Å². The van der Waals surface area contributed by atoms with Crippen molar-refractivity contribution in [3.8, 4) is 11.3 Å². The lowest BCUT2D eigenvalue weighted by atomic mass is 10.2. The molecule has 1 aliphatic rings. The van der Waals surface area contributed by atoms with Gasteiger partial charge in [0.15, 0.2) is 5.76 Å². The number of hydrogen-bond acceptors (Lipinski definition) is 6. The molecular formula is C20H22ClN3O3S2. The molecule has 1 fully saturated rings. The average molecular weight is 452 g/mol. The Morgan fingerprint density at radius 3 is 2.28 bits per heavy atom. The van der Waals surface area contributed by atoms with Crippen LogP contribution in [0.2, 0.25) is 5.02 Å². The standard InChI is InChI=1S/C20H22ClN3O3S2/c1-13-12-18(27-22-13)19-14(2)28-15(3)20(19)29(25,26)24-10-8-23(9-11-24)17-6-4-16(21)5-7-17/h4-7,12H,8-11H2,1-3H3. The van der Waals surface area contributed by atoms with Gasteiger partial charge in [-0.1, -0.05) is 16.8 Å². The van der Waals surface area contributed by atoms with Crippen molar-refractivity contribution in [1.82, 2.24) is 9.46 Å². The number of benzene rings is 1. The molecule has 0 saturated carbocycles. The number of thiophene rings is 1. The Morgan fingerprint density at radius 1 is 1.03 bits per heavy atom. The van der Waals surface area contributed by atoms with Crippen LogP contribution in [0.5, 0.6) is 0 Å². The normalized spacial score (nSPS) is 15.8. The fourth-order valence-electron chi connectivity index (χ4n) is 3.71. The van der Waals surface area contributed by atoms with Gasteiger partial charge in [0.1, 0.15) is 4.90 Å². The fraction of sp³-hybridized carbons (Fsp3) is 0.350. The van der Waals surface area contributed by atoms with Gasteiger partial charge in [0.2, 0.25) is 10.0 Å². The van der Waals surface area contributed by atoms with E-state index in [2.05, 4.69) is 10.1 Å². The summed E-state index contributed by atoms with van der Waals surface area (Å²) in [7, 11) is -3.65. The molecule has 0 spiro atoms. The Kier molecular flexibility index (Phi) is 5.46. The Labute approximate surface area is 179 Å². The summed E-state index contributed by atoms with van der Waals surface area (Å²) in [6.45, 7) is 7.69. The second-order valence-electron chi connectivity index (χ2n) is 7.12. The van der Waals surface area contributed by atoms with Crippen LogP contribution in [0.3, 0.4) is 0 Å². The van der Waals surface area contributed by atoms with Gasteiger partial charge in [-0.25, -0.2) is 8.42 Å². The topological polar surface area (TPSA) is 66.7 Å². The van der Waals surface area contributed by atoms with Crippen molar-refractivity contribution in [3.05, 3.63) is 50.8 Å². The lowest BCUT2D eigenvalue weighted by molar-refractivity contribution is 0.384. The van der Waals surface area contributed by atoms with E-state index < -0.39 is 10.0 Å². The van der Waals surface area contributed by atoms with Crippen LogP contribution in [0.25, 0.3) is 11.3 Å². The molecule has 9 heteroatoms. The van der Waals surface area contributed by atoms with E-state index in [1.807, 2.05) is 45.0 Å². The molecule has 154 valence electrons. The van der Waals surface area contributed by atoms with Crippen molar-refractivity contribution >= 4 is 38.6 Å². The molecule has 0 amide bonds. The molecular weight excluding hydrogens is 430 g/mol. The predicted molar refractivity (Wildman–Crippen MR) is 116 cm³/mol. The summed E-state index contributed by atoms with van der Waals surface area (Å²) in [6.07, 6.45) is 0. The van der Waals surface area contributed by atoms with Gasteiger partial charge in [0.25, 0.3) is 0 Å². The molecule has 4 rings (SSSR count). The molecule has 1 aromatic carbocycles. The zero-order valence-electron chi connectivity index (χ0n) is 16.5. The summed E-state index contributed by atoms with van der Waals surface area (Å²) >= 11 is 7.44. The van der Waals surface area contributed by atoms with Crippen LogP contribution < -0.4 is 4.90 Å². The van der Waals surface area contributed by atoms with E-state index in [9.17, 15) is 8.42 Å². The van der Waals surface area contributed by atoms with Gasteiger partial charge in [-0.2, -0.15) is 4.31 Å². The second kappa shape index (κ2) is 7.75. The Bertz CT molecular complexity index is 1130. The summed E-state index contributed by atoms with van der Waals surface area (Å²) in [5.74, 6) is 0.503. The monoisotopic (exact) mass is 451 g/mol. The first-order valence-corrected chi connectivity index (χ1v) is 11.9. The third-order valence-electron chi connectivity index (χ3n) is 5.11. The zero-order valence-corrected chi connectivity index (χ0v) is 18.9. The number of nitrogens with zero attached hydrogens (tertiary/aromatic N) is 3. The van der Waals surface area contributed by atoms with Crippen molar-refractivity contribution in [2.45, 2.75) is 25.7 Å². The van der Waals surface area contributed by atoms with Crippen molar-refractivity contribution < 1.29 is 12.9 Å². The van der Waals surface area contributed by atoms with Crippen LogP contribution in [-0.2, 0) is 10.0 Å². The van der Waals surface area contributed by atoms with Crippen molar-refractivity contribution in [2.24, 2.45) is 0 Å². The summed E-state index contributed by atoms with van der Waals surface area (Å²) < 4.78 is 34.1. The van der Waals surface area contributed by atoms with Crippen molar-refractivity contribution in [2.75, 3.05) is 31.1 Å². The molecule has 0 radical (unpaired) electrons. The van der Waals surface area contributed by atoms with Crippen LogP contribution in [0.4, 0.5) is 5.69 Å². The molecule has 6 nitrogen and oxygen atoms in total. The molecule has 0 atom stereocenters. The highest BCUT2D eigenvalue weighted by Gasteiger charge is 2.35. The molecule has 0 aliphatic carbocycles. The fourth-order valence-corrected chi connectivity index (χ4v) is 7.08. The highest BCUT2D eigenvalue weighted by molar-refractivity contribution is 7.89. The van der Waals surface area contributed by atoms with Gasteiger partial charge in [0.05, 0.1) is 11.3 Å². The first kappa shape index (κ1) is 20.4. The molecule has 29 heavy (non-hydrogen) atoms. The number of anilines is 1. The van der Waals surface area contributed by atoms with E-state index >= 15 is 0 Å². The molecule has 3 aromatic rings. The SMILES string of the molecule is Cc1cc(-c2c(C)sc(C)c2S(=O)(=O)N2CCN(c3ccc(Cl)cc3)CC2)on1. The van der Waals surface area contributed by atoms with Crippen LogP contribution in [0, 0.1) is 20.8 Å².